The minimum atomic E-state index is -0.491. The van der Waals surface area contributed by atoms with E-state index in [1.165, 1.54) is 0 Å². The molecule has 154 valence electrons. The topological polar surface area (TPSA) is 71.1 Å². The lowest BCUT2D eigenvalue weighted by Gasteiger charge is -2.33. The van der Waals surface area contributed by atoms with E-state index in [1.54, 1.807) is 4.90 Å². The third-order valence-electron chi connectivity index (χ3n) is 4.99. The number of nitrogens with one attached hydrogen (secondary N) is 1. The first kappa shape index (κ1) is 20.5. The summed E-state index contributed by atoms with van der Waals surface area (Å²) in [4.78, 5) is 28.7. The fourth-order valence-electron chi connectivity index (χ4n) is 3.45. The summed E-state index contributed by atoms with van der Waals surface area (Å²) in [7, 11) is 0. The Kier molecular flexibility index (Phi) is 6.44. The number of piperidine rings is 1. The average Bonchev–Trinajstić information content (AvgIpc) is 2.68. The molecule has 7 heteroatoms. The van der Waals surface area contributed by atoms with Crippen LogP contribution < -0.4 is 10.2 Å². The van der Waals surface area contributed by atoms with Gasteiger partial charge in [0.25, 0.3) is 5.91 Å². The number of amides is 2. The van der Waals surface area contributed by atoms with Crippen LogP contribution in [-0.2, 0) is 9.47 Å². The molecule has 2 aliphatic rings. The maximum Gasteiger partial charge on any atom is 0.410 e. The first-order chi connectivity index (χ1) is 13.3. The Bertz CT molecular complexity index is 670. The molecule has 2 fully saturated rings. The summed E-state index contributed by atoms with van der Waals surface area (Å²) >= 11 is 0. The van der Waals surface area contributed by atoms with E-state index < -0.39 is 5.60 Å². The molecule has 0 aromatic heterocycles. The van der Waals surface area contributed by atoms with Crippen LogP contribution in [0.4, 0.5) is 10.5 Å². The highest BCUT2D eigenvalue weighted by atomic mass is 16.6. The Balaban J connectivity index is 1.47. The standard InChI is InChI=1S/C21H31N3O4/c1-21(2,3)28-20(26)24-10-8-17(9-11-24)22-19(25)16-4-6-18(7-5-16)23-12-14-27-15-13-23/h4-7,17H,8-15H2,1-3H3,(H,22,25). The molecule has 7 nitrogen and oxygen atoms in total. The van der Waals surface area contributed by atoms with Gasteiger partial charge in [-0.3, -0.25) is 4.79 Å². The number of likely N-dealkylation sites (tertiary alicyclic amines) is 1. The van der Waals surface area contributed by atoms with Gasteiger partial charge in [0.1, 0.15) is 5.60 Å². The van der Waals surface area contributed by atoms with Gasteiger partial charge in [-0.2, -0.15) is 0 Å². The molecule has 0 aliphatic carbocycles. The highest BCUT2D eigenvalue weighted by Gasteiger charge is 2.27. The van der Waals surface area contributed by atoms with Crippen molar-refractivity contribution in [3.63, 3.8) is 0 Å². The molecule has 2 heterocycles. The minimum absolute atomic E-state index is 0.0655. The molecule has 0 radical (unpaired) electrons. The molecule has 28 heavy (non-hydrogen) atoms. The number of rotatable bonds is 3. The number of morpholine rings is 1. The maximum absolute atomic E-state index is 12.6. The molecule has 2 saturated heterocycles. The van der Waals surface area contributed by atoms with Gasteiger partial charge in [0.05, 0.1) is 13.2 Å². The number of nitrogens with zero attached hydrogens (tertiary/aromatic N) is 2. The Morgan fingerprint density at radius 3 is 2.21 bits per heavy atom. The molecule has 3 rings (SSSR count). The van der Waals surface area contributed by atoms with Crippen molar-refractivity contribution in [3.05, 3.63) is 29.8 Å². The molecule has 1 aromatic carbocycles. The summed E-state index contributed by atoms with van der Waals surface area (Å²) in [5.41, 5.74) is 1.28. The van der Waals surface area contributed by atoms with E-state index in [1.807, 2.05) is 45.0 Å². The van der Waals surface area contributed by atoms with Crippen molar-refractivity contribution in [3.8, 4) is 0 Å². The van der Waals surface area contributed by atoms with Gasteiger partial charge in [-0.25, -0.2) is 4.79 Å². The fraction of sp³-hybridized carbons (Fsp3) is 0.619. The number of hydrogen-bond acceptors (Lipinski definition) is 5. The van der Waals surface area contributed by atoms with Crippen molar-refractivity contribution in [2.75, 3.05) is 44.3 Å². The van der Waals surface area contributed by atoms with E-state index in [2.05, 4.69) is 10.2 Å². The number of carbonyl (C=O) groups is 2. The van der Waals surface area contributed by atoms with Crippen molar-refractivity contribution in [1.29, 1.82) is 0 Å². The van der Waals surface area contributed by atoms with E-state index in [0.717, 1.165) is 44.8 Å². The zero-order valence-corrected chi connectivity index (χ0v) is 17.1. The number of benzene rings is 1. The maximum atomic E-state index is 12.6. The second-order valence-electron chi connectivity index (χ2n) is 8.36. The van der Waals surface area contributed by atoms with Crippen LogP contribution in [0.1, 0.15) is 44.0 Å². The number of hydrogen-bond donors (Lipinski definition) is 1. The lowest BCUT2D eigenvalue weighted by molar-refractivity contribution is 0.0199. The predicted octanol–water partition coefficient (Wildman–Crippen LogP) is 2.65. The van der Waals surface area contributed by atoms with Crippen LogP contribution in [-0.4, -0.2) is 67.9 Å². The molecule has 0 bridgehead atoms. The van der Waals surface area contributed by atoms with Crippen LogP contribution >= 0.6 is 0 Å². The molecule has 0 spiro atoms. The molecular formula is C21H31N3O4. The highest BCUT2D eigenvalue weighted by molar-refractivity contribution is 5.94. The molecule has 0 unspecified atom stereocenters. The lowest BCUT2D eigenvalue weighted by Crippen LogP contribution is -2.47. The summed E-state index contributed by atoms with van der Waals surface area (Å²) in [6.07, 6.45) is 1.18. The second-order valence-corrected chi connectivity index (χ2v) is 8.36. The Hall–Kier alpha value is -2.28. The minimum Gasteiger partial charge on any atom is -0.444 e. The van der Waals surface area contributed by atoms with Crippen LogP contribution in [0.15, 0.2) is 24.3 Å². The normalized spacial score (nSPS) is 18.7. The van der Waals surface area contributed by atoms with Gasteiger partial charge in [-0.15, -0.1) is 0 Å². The predicted molar refractivity (Wildman–Crippen MR) is 108 cm³/mol. The summed E-state index contributed by atoms with van der Waals surface area (Å²) in [5, 5.41) is 3.09. The van der Waals surface area contributed by atoms with Crippen molar-refractivity contribution in [2.24, 2.45) is 0 Å². The molecule has 0 saturated carbocycles. The Labute approximate surface area is 167 Å². The first-order valence-corrected chi connectivity index (χ1v) is 10.0. The third-order valence-corrected chi connectivity index (χ3v) is 4.99. The van der Waals surface area contributed by atoms with E-state index in [9.17, 15) is 9.59 Å². The molecule has 1 N–H and O–H groups in total. The van der Waals surface area contributed by atoms with Crippen molar-refractivity contribution < 1.29 is 19.1 Å². The van der Waals surface area contributed by atoms with Crippen molar-refractivity contribution in [2.45, 2.75) is 45.3 Å². The van der Waals surface area contributed by atoms with Crippen molar-refractivity contribution in [1.82, 2.24) is 10.2 Å². The third kappa shape index (κ3) is 5.61. The van der Waals surface area contributed by atoms with Crippen LogP contribution in [0.25, 0.3) is 0 Å². The van der Waals surface area contributed by atoms with Gasteiger partial charge in [0.2, 0.25) is 0 Å². The van der Waals surface area contributed by atoms with Gasteiger partial charge in [-0.05, 0) is 57.9 Å². The fourth-order valence-corrected chi connectivity index (χ4v) is 3.45. The van der Waals surface area contributed by atoms with Crippen LogP contribution in [0.3, 0.4) is 0 Å². The molecule has 0 atom stereocenters. The zero-order valence-electron chi connectivity index (χ0n) is 17.1. The van der Waals surface area contributed by atoms with Crippen LogP contribution in [0.5, 0.6) is 0 Å². The average molecular weight is 389 g/mol. The monoisotopic (exact) mass is 389 g/mol. The zero-order chi connectivity index (χ0) is 20.1. The molecule has 2 amide bonds. The van der Waals surface area contributed by atoms with Crippen LogP contribution in [0, 0.1) is 0 Å². The quantitative estimate of drug-likeness (QED) is 0.861. The van der Waals surface area contributed by atoms with Gasteiger partial charge >= 0.3 is 6.09 Å². The van der Waals surface area contributed by atoms with Gasteiger partial charge in [0, 0.05) is 43.5 Å². The number of ether oxygens (including phenoxy) is 2. The summed E-state index contributed by atoms with van der Waals surface area (Å²) < 4.78 is 10.8. The van der Waals surface area contributed by atoms with Crippen LogP contribution in [0.2, 0.25) is 0 Å². The summed E-state index contributed by atoms with van der Waals surface area (Å²) in [5.74, 6) is -0.0655. The van der Waals surface area contributed by atoms with E-state index >= 15 is 0 Å². The molecular weight excluding hydrogens is 358 g/mol. The summed E-state index contributed by atoms with van der Waals surface area (Å²) in [6, 6.07) is 7.80. The SMILES string of the molecule is CC(C)(C)OC(=O)N1CCC(NC(=O)c2ccc(N3CCOCC3)cc2)CC1. The van der Waals surface area contributed by atoms with Gasteiger partial charge < -0.3 is 24.6 Å². The lowest BCUT2D eigenvalue weighted by atomic mass is 10.0. The summed E-state index contributed by atoms with van der Waals surface area (Å²) in [6.45, 7) is 10.0. The second kappa shape index (κ2) is 8.82. The Morgan fingerprint density at radius 1 is 1.04 bits per heavy atom. The molecule has 1 aromatic rings. The number of anilines is 1. The largest absolute Gasteiger partial charge is 0.444 e. The molecule has 2 aliphatic heterocycles. The van der Waals surface area contributed by atoms with Gasteiger partial charge in [-0.1, -0.05) is 0 Å². The smallest absolute Gasteiger partial charge is 0.410 e. The number of carbonyl (C=O) groups excluding carboxylic acids is 2. The van der Waals surface area contributed by atoms with Crippen molar-refractivity contribution >= 4 is 17.7 Å². The highest BCUT2D eigenvalue weighted by Crippen LogP contribution is 2.18. The van der Waals surface area contributed by atoms with E-state index in [4.69, 9.17) is 9.47 Å². The first-order valence-electron chi connectivity index (χ1n) is 10.0. The van der Waals surface area contributed by atoms with E-state index in [-0.39, 0.29) is 18.0 Å². The Morgan fingerprint density at radius 2 is 1.64 bits per heavy atom. The van der Waals surface area contributed by atoms with E-state index in [0.29, 0.717) is 18.7 Å². The van der Waals surface area contributed by atoms with Gasteiger partial charge in [0.15, 0.2) is 0 Å².